The predicted octanol–water partition coefficient (Wildman–Crippen LogP) is 2.87. The average Bonchev–Trinajstić information content (AvgIpc) is 3.43. The van der Waals surface area contributed by atoms with E-state index in [2.05, 4.69) is 32.4 Å². The minimum Gasteiger partial charge on any atom is -0.369 e. The molecule has 8 nitrogen and oxygen atoms in total. The molecule has 2 N–H and O–H groups in total. The van der Waals surface area contributed by atoms with Crippen LogP contribution in [0, 0.1) is 23.7 Å². The summed E-state index contributed by atoms with van der Waals surface area (Å²) in [5, 5.41) is 6.89. The zero-order valence-electron chi connectivity index (χ0n) is 26.0. The number of Topliss-reactive ketones (excluding diaryl/α,β-unsaturated/α-hetero) is 1. The second kappa shape index (κ2) is 11.7. The van der Waals surface area contributed by atoms with Gasteiger partial charge >= 0.3 is 0 Å². The molecule has 6 heterocycles. The number of nitrogens with zero attached hydrogens (tertiary/aromatic N) is 3. The quantitative estimate of drug-likeness (QED) is 0.456. The fourth-order valence-corrected chi connectivity index (χ4v) is 10.8. The molecule has 11 atom stereocenters. The summed E-state index contributed by atoms with van der Waals surface area (Å²) in [6.07, 6.45) is 13.3. The van der Waals surface area contributed by atoms with E-state index in [4.69, 9.17) is 4.74 Å². The zero-order valence-corrected chi connectivity index (χ0v) is 26.0. The number of ether oxygens (including phenoxy) is 1. The lowest BCUT2D eigenvalue weighted by molar-refractivity contribution is -0.210. The van der Waals surface area contributed by atoms with Crippen molar-refractivity contribution in [2.45, 2.75) is 126 Å². The largest absolute Gasteiger partial charge is 0.369 e. The molecule has 3 saturated carbocycles. The molecule has 11 unspecified atom stereocenters. The number of fused-ring (bicyclic) bond motifs is 6. The average molecular weight is 598 g/mol. The lowest BCUT2D eigenvalue weighted by Gasteiger charge is -2.61. The summed E-state index contributed by atoms with van der Waals surface area (Å²) in [5.74, 6) is 0.941. The fraction of sp³-hybridized carbons (Fsp3) is 0.882. The van der Waals surface area contributed by atoms with Crippen molar-refractivity contribution in [2.24, 2.45) is 23.7 Å². The first-order valence-electron chi connectivity index (χ1n) is 17.7. The first-order valence-corrected chi connectivity index (χ1v) is 17.7. The van der Waals surface area contributed by atoms with Gasteiger partial charge in [0.2, 0.25) is 0 Å². The van der Waals surface area contributed by atoms with Gasteiger partial charge in [-0.05, 0) is 95.8 Å². The summed E-state index contributed by atoms with van der Waals surface area (Å²) < 4.78 is 23.4. The maximum absolute atomic E-state index is 16.4. The summed E-state index contributed by atoms with van der Waals surface area (Å²) >= 11 is 0. The van der Waals surface area contributed by atoms with E-state index in [9.17, 15) is 9.59 Å². The maximum atomic E-state index is 16.4. The summed E-state index contributed by atoms with van der Waals surface area (Å²) in [6.45, 7) is 4.95. The highest BCUT2D eigenvalue weighted by atomic mass is 19.1. The smallest absolute Gasteiger partial charge is 0.256 e. The number of likely N-dealkylation sites (tertiary alicyclic amines) is 1. The molecule has 0 aromatic carbocycles. The molecule has 0 aromatic rings. The van der Waals surface area contributed by atoms with Crippen molar-refractivity contribution in [1.82, 2.24) is 25.3 Å². The van der Waals surface area contributed by atoms with E-state index in [0.717, 1.165) is 51.9 Å². The third-order valence-corrected chi connectivity index (χ3v) is 13.2. The summed E-state index contributed by atoms with van der Waals surface area (Å²) in [7, 11) is 2.15. The molecule has 0 aromatic heterocycles. The Morgan fingerprint density at radius 2 is 1.79 bits per heavy atom. The number of carbonyl (C=O) groups excluding carboxylic acids is 2. The molecule has 0 radical (unpaired) electrons. The molecule has 5 saturated heterocycles. The Morgan fingerprint density at radius 1 is 1.00 bits per heavy atom. The topological polar surface area (TPSA) is 77.2 Å². The zero-order chi connectivity index (χ0) is 29.2. The van der Waals surface area contributed by atoms with Gasteiger partial charge in [0, 0.05) is 37.3 Å². The van der Waals surface area contributed by atoms with Crippen molar-refractivity contribution in [2.75, 3.05) is 39.8 Å². The normalized spacial score (nSPS) is 47.4. The molecule has 6 aliphatic heterocycles. The fourth-order valence-electron chi connectivity index (χ4n) is 10.8. The Bertz CT molecular complexity index is 1110. The van der Waals surface area contributed by atoms with Crippen LogP contribution >= 0.6 is 0 Å². The molecule has 43 heavy (non-hydrogen) atoms. The standard InChI is InChI=1S/C34H52FN5O3/c1-38-12-4-7-23(38)8-11-36-34(42)25-18-40-28-15-21-5-2-3-6-22(21)16-29(28)43-33-30(26(35)17-24(31(33)40)32(25)41)37-27-19-39-13-9-20(27)10-14-39/h18,20-24,26-31,33,37H,2-17,19H2,1H3,(H,36,42). The Kier molecular flexibility index (Phi) is 7.84. The molecule has 8 fully saturated rings. The van der Waals surface area contributed by atoms with Gasteiger partial charge < -0.3 is 30.1 Å². The van der Waals surface area contributed by atoms with Gasteiger partial charge in [0.1, 0.15) is 6.17 Å². The van der Waals surface area contributed by atoms with Crippen LogP contribution in [-0.4, -0.2) is 115 Å². The van der Waals surface area contributed by atoms with E-state index in [1.54, 1.807) is 0 Å². The summed E-state index contributed by atoms with van der Waals surface area (Å²) in [6, 6.07) is 0.293. The van der Waals surface area contributed by atoms with Crippen LogP contribution in [0.1, 0.15) is 77.0 Å². The van der Waals surface area contributed by atoms with Crippen LogP contribution in [0.15, 0.2) is 11.8 Å². The van der Waals surface area contributed by atoms with Gasteiger partial charge in [0.25, 0.3) is 5.91 Å². The third-order valence-electron chi connectivity index (χ3n) is 13.2. The summed E-state index contributed by atoms with van der Waals surface area (Å²) in [5.41, 5.74) is 0.238. The number of piperidine rings is 3. The van der Waals surface area contributed by atoms with Crippen LogP contribution in [0.2, 0.25) is 0 Å². The van der Waals surface area contributed by atoms with Crippen LogP contribution < -0.4 is 10.6 Å². The molecule has 2 bridgehead atoms. The Hall–Kier alpha value is -1.55. The van der Waals surface area contributed by atoms with Crippen LogP contribution in [0.4, 0.5) is 4.39 Å². The van der Waals surface area contributed by atoms with Gasteiger partial charge in [0.05, 0.1) is 35.9 Å². The summed E-state index contributed by atoms with van der Waals surface area (Å²) in [4.78, 5) is 34.8. The minimum absolute atomic E-state index is 0.0223. The van der Waals surface area contributed by atoms with Crippen molar-refractivity contribution in [1.29, 1.82) is 0 Å². The van der Waals surface area contributed by atoms with E-state index in [1.165, 1.54) is 44.9 Å². The van der Waals surface area contributed by atoms with Crippen molar-refractivity contribution >= 4 is 11.7 Å². The predicted molar refractivity (Wildman–Crippen MR) is 162 cm³/mol. The van der Waals surface area contributed by atoms with Gasteiger partial charge in [-0.25, -0.2) is 4.39 Å². The lowest BCUT2D eigenvalue weighted by atomic mass is 9.64. The van der Waals surface area contributed by atoms with Gasteiger partial charge in [0.15, 0.2) is 5.78 Å². The highest BCUT2D eigenvalue weighted by Crippen LogP contribution is 2.50. The molecule has 9 aliphatic rings. The Labute approximate surface area is 256 Å². The first kappa shape index (κ1) is 28.9. The van der Waals surface area contributed by atoms with Crippen LogP contribution in [-0.2, 0) is 14.3 Å². The number of halogens is 1. The number of carbonyl (C=O) groups is 2. The number of alkyl halides is 1. The number of hydrogen-bond donors (Lipinski definition) is 2. The number of amides is 1. The van der Waals surface area contributed by atoms with E-state index >= 15 is 4.39 Å². The number of hydrogen-bond acceptors (Lipinski definition) is 7. The highest BCUT2D eigenvalue weighted by molar-refractivity contribution is 6.20. The molecule has 238 valence electrons. The van der Waals surface area contributed by atoms with Crippen LogP contribution in [0.3, 0.4) is 0 Å². The first-order chi connectivity index (χ1) is 20.9. The highest BCUT2D eigenvalue weighted by Gasteiger charge is 2.60. The van der Waals surface area contributed by atoms with Crippen molar-refractivity contribution in [3.8, 4) is 0 Å². The number of rotatable bonds is 6. The molecule has 9 heteroatoms. The van der Waals surface area contributed by atoms with Crippen molar-refractivity contribution < 1.29 is 18.7 Å². The van der Waals surface area contributed by atoms with E-state index < -0.39 is 18.1 Å². The number of nitrogens with one attached hydrogen (secondary N) is 2. The van der Waals surface area contributed by atoms with Crippen molar-refractivity contribution in [3.63, 3.8) is 0 Å². The monoisotopic (exact) mass is 597 g/mol. The van der Waals surface area contributed by atoms with Gasteiger partial charge in [-0.1, -0.05) is 25.7 Å². The van der Waals surface area contributed by atoms with E-state index in [1.807, 2.05) is 6.20 Å². The van der Waals surface area contributed by atoms with Gasteiger partial charge in [-0.2, -0.15) is 0 Å². The van der Waals surface area contributed by atoms with E-state index in [-0.39, 0.29) is 54.0 Å². The molecular weight excluding hydrogens is 545 g/mol. The molecule has 1 amide bonds. The minimum atomic E-state index is -1.17. The number of ketones is 1. The van der Waals surface area contributed by atoms with Gasteiger partial charge in [-0.15, -0.1) is 0 Å². The number of morpholine rings is 1. The lowest BCUT2D eigenvalue weighted by Crippen LogP contribution is -2.74. The maximum Gasteiger partial charge on any atom is 0.256 e. The Morgan fingerprint density at radius 3 is 2.51 bits per heavy atom. The molecular formula is C34H52FN5O3. The van der Waals surface area contributed by atoms with Crippen molar-refractivity contribution in [3.05, 3.63) is 11.8 Å². The molecule has 0 spiro atoms. The Balaban J connectivity index is 1.06. The second-order valence-electron chi connectivity index (χ2n) is 15.4. The SMILES string of the molecule is CN1CCCC1CCNC(=O)C1=CN2C3CC4CCCCC4CC3OC3C(NC4CN5CCC4CC5)C(F)CC(C1=O)C32. The second-order valence-corrected chi connectivity index (χ2v) is 15.4. The van der Waals surface area contributed by atoms with Crippen LogP contribution in [0.25, 0.3) is 0 Å². The molecule has 3 aliphatic carbocycles. The van der Waals surface area contributed by atoms with Crippen LogP contribution in [0.5, 0.6) is 0 Å². The van der Waals surface area contributed by atoms with E-state index in [0.29, 0.717) is 30.3 Å². The molecule has 9 rings (SSSR count). The third kappa shape index (κ3) is 5.18. The van der Waals surface area contributed by atoms with Gasteiger partial charge in [-0.3, -0.25) is 9.59 Å².